The van der Waals surface area contributed by atoms with Gasteiger partial charge in [-0.05, 0) is 24.3 Å². The van der Waals surface area contributed by atoms with Gasteiger partial charge >= 0.3 is 0 Å². The minimum absolute atomic E-state index is 0.0814. The average molecular weight is 351 g/mol. The van der Waals surface area contributed by atoms with E-state index in [0.29, 0.717) is 22.3 Å². The first-order valence-electron chi connectivity index (χ1n) is 8.35. The lowest BCUT2D eigenvalue weighted by Gasteiger charge is -2.10. The third kappa shape index (κ3) is 2.12. The average Bonchev–Trinajstić information content (AvgIpc) is 2.97. The van der Waals surface area contributed by atoms with Crippen LogP contribution in [0.25, 0.3) is 38.6 Å². The van der Waals surface area contributed by atoms with Crippen molar-refractivity contribution in [1.29, 1.82) is 5.26 Å². The normalized spacial score (nSPS) is 12.8. The number of pyridine rings is 2. The van der Waals surface area contributed by atoms with Gasteiger partial charge < -0.3 is 10.8 Å². The largest absolute Gasteiger partial charge is 0.494 e. The van der Waals surface area contributed by atoms with E-state index in [1.54, 1.807) is 23.0 Å². The van der Waals surface area contributed by atoms with E-state index in [-0.39, 0.29) is 5.88 Å². The highest BCUT2D eigenvalue weighted by Gasteiger charge is 2.19. The Balaban J connectivity index is 1.80. The van der Waals surface area contributed by atoms with Gasteiger partial charge in [0.1, 0.15) is 11.8 Å². The van der Waals surface area contributed by atoms with Crippen LogP contribution in [0.15, 0.2) is 61.0 Å². The van der Waals surface area contributed by atoms with Gasteiger partial charge in [0.15, 0.2) is 0 Å². The number of anilines is 1. The fourth-order valence-corrected chi connectivity index (χ4v) is 3.35. The zero-order valence-electron chi connectivity index (χ0n) is 14.1. The van der Waals surface area contributed by atoms with Crippen molar-refractivity contribution in [2.75, 3.05) is 5.73 Å². The van der Waals surface area contributed by atoms with Crippen LogP contribution in [0.3, 0.4) is 0 Å². The topological polar surface area (TPSA) is 101 Å². The van der Waals surface area contributed by atoms with Crippen LogP contribution < -0.4 is 5.73 Å². The summed E-state index contributed by atoms with van der Waals surface area (Å²) in [5.41, 5.74) is 11.2. The van der Waals surface area contributed by atoms with E-state index in [9.17, 15) is 5.11 Å². The summed E-state index contributed by atoms with van der Waals surface area (Å²) in [5.74, 6) is 0.0814. The number of para-hydroxylation sites is 1. The van der Waals surface area contributed by atoms with Crippen LogP contribution >= 0.6 is 0 Å². The van der Waals surface area contributed by atoms with E-state index in [2.05, 4.69) is 4.98 Å². The Labute approximate surface area is 154 Å². The third-order valence-corrected chi connectivity index (χ3v) is 4.79. The van der Waals surface area contributed by atoms with E-state index < -0.39 is 0 Å². The summed E-state index contributed by atoms with van der Waals surface area (Å²) >= 11 is 0. The van der Waals surface area contributed by atoms with E-state index in [0.717, 1.165) is 27.7 Å². The van der Waals surface area contributed by atoms with Crippen LogP contribution in [0.1, 0.15) is 5.69 Å². The minimum atomic E-state index is 0.0814. The fourth-order valence-electron chi connectivity index (χ4n) is 3.35. The summed E-state index contributed by atoms with van der Waals surface area (Å²) < 4.78 is 1.68. The van der Waals surface area contributed by atoms with E-state index in [4.69, 9.17) is 16.0 Å². The number of nitriles is 1. The molecular weight excluding hydrogens is 338 g/mol. The summed E-state index contributed by atoms with van der Waals surface area (Å²) in [4.78, 5) is 8.92. The molecule has 6 heteroatoms. The van der Waals surface area contributed by atoms with Crippen LogP contribution in [0.4, 0.5) is 5.69 Å². The molecule has 27 heavy (non-hydrogen) atoms. The molecule has 3 aromatic heterocycles. The molecule has 0 fully saturated rings. The quantitative estimate of drug-likeness (QED) is 0.572. The second-order valence-electron chi connectivity index (χ2n) is 6.30. The molecule has 5 rings (SSSR count). The van der Waals surface area contributed by atoms with Crippen LogP contribution in [0.2, 0.25) is 0 Å². The van der Waals surface area contributed by atoms with Gasteiger partial charge in [0.2, 0.25) is 5.88 Å². The first kappa shape index (κ1) is 15.2. The number of aromatic nitrogens is 3. The number of nitrogens with zero attached hydrogens (tertiary/aromatic N) is 4. The molecule has 0 atom stereocenters. The smallest absolute Gasteiger partial charge is 0.207 e. The number of rotatable bonds is 2. The van der Waals surface area contributed by atoms with Gasteiger partial charge in [0.25, 0.3) is 0 Å². The minimum Gasteiger partial charge on any atom is -0.494 e. The molecule has 0 unspecified atom stereocenters. The molecule has 0 radical (unpaired) electrons. The molecule has 1 aliphatic carbocycles. The zero-order valence-corrected chi connectivity index (χ0v) is 14.1. The lowest BCUT2D eigenvalue weighted by Crippen LogP contribution is -1.95. The lowest BCUT2D eigenvalue weighted by molar-refractivity contribution is 0.450. The Kier molecular flexibility index (Phi) is 3.06. The summed E-state index contributed by atoms with van der Waals surface area (Å²) in [7, 11) is 0. The van der Waals surface area contributed by atoms with Crippen molar-refractivity contribution in [3.63, 3.8) is 0 Å². The highest BCUT2D eigenvalue weighted by molar-refractivity contribution is 6.12. The summed E-state index contributed by atoms with van der Waals surface area (Å²) in [6, 6.07) is 11.3. The van der Waals surface area contributed by atoms with Crippen molar-refractivity contribution in [3.05, 3.63) is 66.6 Å². The first-order chi connectivity index (χ1) is 13.2. The number of allylic oxidation sites excluding steroid dienone is 4. The molecule has 1 aliphatic rings. The maximum atomic E-state index is 10.6. The van der Waals surface area contributed by atoms with Crippen molar-refractivity contribution in [1.82, 2.24) is 14.5 Å². The molecule has 0 bridgehead atoms. The number of nitrogen functional groups attached to an aromatic ring is 1. The van der Waals surface area contributed by atoms with Crippen molar-refractivity contribution in [3.8, 4) is 23.1 Å². The monoisotopic (exact) mass is 351 g/mol. The molecule has 3 heterocycles. The highest BCUT2D eigenvalue weighted by atomic mass is 16.3. The third-order valence-electron chi connectivity index (χ3n) is 4.79. The number of hydrogen-bond donors (Lipinski definition) is 2. The first-order valence-corrected chi connectivity index (χ1v) is 8.35. The lowest BCUT2D eigenvalue weighted by atomic mass is 10.0. The molecule has 0 saturated heterocycles. The predicted molar refractivity (Wildman–Crippen MR) is 105 cm³/mol. The Morgan fingerprint density at radius 2 is 2.04 bits per heavy atom. The van der Waals surface area contributed by atoms with E-state index >= 15 is 0 Å². The zero-order chi connectivity index (χ0) is 18.5. The van der Waals surface area contributed by atoms with Gasteiger partial charge in [-0.2, -0.15) is 5.26 Å². The molecule has 0 aliphatic heterocycles. The predicted octanol–water partition coefficient (Wildman–Crippen LogP) is 3.82. The molecule has 128 valence electrons. The molecule has 6 nitrogen and oxygen atoms in total. The maximum Gasteiger partial charge on any atom is 0.207 e. The fraction of sp³-hybridized carbons (Fsp3) is 0. The maximum absolute atomic E-state index is 10.6. The van der Waals surface area contributed by atoms with Crippen LogP contribution in [-0.4, -0.2) is 19.6 Å². The van der Waals surface area contributed by atoms with Crippen LogP contribution in [0.5, 0.6) is 5.88 Å². The number of hydrogen-bond acceptors (Lipinski definition) is 5. The molecule has 0 saturated carbocycles. The summed E-state index contributed by atoms with van der Waals surface area (Å²) in [6.07, 6.45) is 9.15. The molecule has 0 spiro atoms. The van der Waals surface area contributed by atoms with Gasteiger partial charge in [0.05, 0.1) is 22.1 Å². The summed E-state index contributed by atoms with van der Waals surface area (Å²) in [5, 5.41) is 20.9. The number of fused-ring (bicyclic) bond motifs is 2. The number of nitrogens with two attached hydrogens (primary N) is 1. The molecule has 0 amide bonds. The van der Waals surface area contributed by atoms with Crippen LogP contribution in [-0.2, 0) is 0 Å². The summed E-state index contributed by atoms with van der Waals surface area (Å²) in [6.45, 7) is 0. The second kappa shape index (κ2) is 5.44. The van der Waals surface area contributed by atoms with Gasteiger partial charge in [0, 0.05) is 34.6 Å². The second-order valence-corrected chi connectivity index (χ2v) is 6.30. The highest BCUT2D eigenvalue weighted by Crippen LogP contribution is 2.40. The van der Waals surface area contributed by atoms with Crippen molar-refractivity contribution >= 4 is 33.2 Å². The van der Waals surface area contributed by atoms with Gasteiger partial charge in [-0.25, -0.2) is 9.97 Å². The van der Waals surface area contributed by atoms with Gasteiger partial charge in [-0.15, -0.1) is 0 Å². The Bertz CT molecular complexity index is 1340. The van der Waals surface area contributed by atoms with Gasteiger partial charge in [-0.3, -0.25) is 4.57 Å². The SMILES string of the molecule is N#Cc1ccc(-c2cccc3c(N)c4c(O)n(C5=CC=C5)cc4nc23)cn1. The van der Waals surface area contributed by atoms with Crippen molar-refractivity contribution < 1.29 is 5.11 Å². The molecule has 1 aromatic carbocycles. The molecule has 4 aromatic rings. The molecule has 3 N–H and O–H groups in total. The number of benzene rings is 1. The standard InChI is InChI=1S/C21H13N5O/c22-9-13-8-7-12(10-24-13)15-5-2-6-16-19(23)18-17(25-20(15)16)11-26(21(18)27)14-3-1-4-14/h1-8,10-11,27H,23H2. The Hall–Kier alpha value is -4.11. The Morgan fingerprint density at radius 1 is 1.19 bits per heavy atom. The van der Waals surface area contributed by atoms with E-state index in [1.807, 2.05) is 48.6 Å². The Morgan fingerprint density at radius 3 is 2.70 bits per heavy atom. The van der Waals surface area contributed by atoms with Crippen molar-refractivity contribution in [2.45, 2.75) is 0 Å². The van der Waals surface area contributed by atoms with Gasteiger partial charge in [-0.1, -0.05) is 24.3 Å². The number of aromatic hydroxyl groups is 1. The van der Waals surface area contributed by atoms with Crippen LogP contribution in [0, 0.1) is 11.3 Å². The molecular formula is C21H13N5O. The van der Waals surface area contributed by atoms with E-state index in [1.165, 1.54) is 0 Å². The van der Waals surface area contributed by atoms with Crippen molar-refractivity contribution in [2.24, 2.45) is 0 Å².